The zero-order valence-corrected chi connectivity index (χ0v) is 10.3. The van der Waals surface area contributed by atoms with Gasteiger partial charge in [0.2, 0.25) is 0 Å². The monoisotopic (exact) mass is 260 g/mol. The fourth-order valence-corrected chi connectivity index (χ4v) is 1.92. The predicted molar refractivity (Wildman–Crippen MR) is 68.7 cm³/mol. The molecule has 0 saturated carbocycles. The molecule has 0 fully saturated rings. The molecule has 98 valence electrons. The van der Waals surface area contributed by atoms with Gasteiger partial charge in [-0.3, -0.25) is 19.9 Å². The van der Waals surface area contributed by atoms with Crippen molar-refractivity contribution >= 4 is 22.6 Å². The Bertz CT molecular complexity index is 640. The molecule has 1 heterocycles. The van der Waals surface area contributed by atoms with Crippen LogP contribution in [0.5, 0.6) is 0 Å². The second-order valence-electron chi connectivity index (χ2n) is 3.87. The second kappa shape index (κ2) is 5.43. The average molecular weight is 260 g/mol. The third-order valence-corrected chi connectivity index (χ3v) is 2.70. The molecule has 0 N–H and O–H groups in total. The normalized spacial score (nSPS) is 10.4. The molecular weight excluding hydrogens is 248 g/mol. The molecule has 0 unspecified atom stereocenters. The molecule has 19 heavy (non-hydrogen) atoms. The minimum atomic E-state index is -0.499. The van der Waals surface area contributed by atoms with E-state index in [2.05, 4.69) is 4.98 Å². The summed E-state index contributed by atoms with van der Waals surface area (Å²) in [6.07, 6.45) is 1.47. The van der Waals surface area contributed by atoms with Crippen LogP contribution in [0, 0.1) is 10.1 Å². The van der Waals surface area contributed by atoms with E-state index in [9.17, 15) is 14.9 Å². The van der Waals surface area contributed by atoms with Gasteiger partial charge in [0.25, 0.3) is 5.69 Å². The number of aromatic nitrogens is 1. The van der Waals surface area contributed by atoms with Gasteiger partial charge in [0.1, 0.15) is 0 Å². The number of hydrogen-bond donors (Lipinski definition) is 0. The zero-order valence-electron chi connectivity index (χ0n) is 10.3. The minimum absolute atomic E-state index is 0.0893. The molecule has 0 spiro atoms. The molecule has 0 bridgehead atoms. The van der Waals surface area contributed by atoms with Crippen LogP contribution in [0.15, 0.2) is 30.5 Å². The molecule has 0 amide bonds. The van der Waals surface area contributed by atoms with Gasteiger partial charge < -0.3 is 4.74 Å². The van der Waals surface area contributed by atoms with Crippen LogP contribution in [-0.4, -0.2) is 22.5 Å². The quantitative estimate of drug-likeness (QED) is 0.478. The van der Waals surface area contributed by atoms with Gasteiger partial charge in [-0.1, -0.05) is 6.07 Å². The van der Waals surface area contributed by atoms with Gasteiger partial charge in [-0.25, -0.2) is 0 Å². The maximum atomic E-state index is 11.6. The van der Waals surface area contributed by atoms with Crippen molar-refractivity contribution in [3.63, 3.8) is 0 Å². The van der Waals surface area contributed by atoms with Crippen LogP contribution in [-0.2, 0) is 16.0 Å². The van der Waals surface area contributed by atoms with Crippen LogP contribution in [0.25, 0.3) is 10.9 Å². The Hall–Kier alpha value is -2.50. The highest BCUT2D eigenvalue weighted by atomic mass is 16.6. The third-order valence-electron chi connectivity index (χ3n) is 2.70. The van der Waals surface area contributed by atoms with Crippen molar-refractivity contribution in [3.8, 4) is 0 Å². The molecule has 1 aromatic heterocycles. The highest BCUT2D eigenvalue weighted by Crippen LogP contribution is 2.27. The minimum Gasteiger partial charge on any atom is -0.466 e. The predicted octanol–water partition coefficient (Wildman–Crippen LogP) is 2.25. The molecule has 1 aromatic carbocycles. The molecule has 6 nitrogen and oxygen atoms in total. The molecule has 2 aromatic rings. The van der Waals surface area contributed by atoms with Crippen LogP contribution in [0.3, 0.4) is 0 Å². The summed E-state index contributed by atoms with van der Waals surface area (Å²) in [6.45, 7) is 1.94. The lowest BCUT2D eigenvalue weighted by Gasteiger charge is -2.06. The van der Waals surface area contributed by atoms with E-state index in [1.165, 1.54) is 6.07 Å². The van der Waals surface area contributed by atoms with Crippen LogP contribution in [0.1, 0.15) is 12.5 Å². The lowest BCUT2D eigenvalue weighted by Crippen LogP contribution is -2.09. The number of nitro benzene ring substituents is 1. The van der Waals surface area contributed by atoms with E-state index >= 15 is 0 Å². The summed E-state index contributed by atoms with van der Waals surface area (Å²) in [6, 6.07) is 6.33. The largest absolute Gasteiger partial charge is 0.466 e. The van der Waals surface area contributed by atoms with E-state index < -0.39 is 10.9 Å². The van der Waals surface area contributed by atoms with Gasteiger partial charge in [-0.2, -0.15) is 0 Å². The Labute approximate surface area is 109 Å². The van der Waals surface area contributed by atoms with Crippen molar-refractivity contribution in [1.82, 2.24) is 4.98 Å². The number of benzene rings is 1. The van der Waals surface area contributed by atoms with Crippen molar-refractivity contribution in [1.29, 1.82) is 0 Å². The average Bonchev–Trinajstić information content (AvgIpc) is 2.39. The summed E-state index contributed by atoms with van der Waals surface area (Å²) in [7, 11) is 0. The van der Waals surface area contributed by atoms with Crippen LogP contribution < -0.4 is 0 Å². The Morgan fingerprint density at radius 3 is 2.89 bits per heavy atom. The summed E-state index contributed by atoms with van der Waals surface area (Å²) in [5, 5.41) is 11.6. The summed E-state index contributed by atoms with van der Waals surface area (Å²) < 4.78 is 4.85. The molecule has 0 saturated heterocycles. The molecule has 0 atom stereocenters. The molecular formula is C13H12N2O4. The van der Waals surface area contributed by atoms with E-state index in [1.54, 1.807) is 31.3 Å². The van der Waals surface area contributed by atoms with Crippen LogP contribution in [0.4, 0.5) is 5.69 Å². The van der Waals surface area contributed by atoms with Gasteiger partial charge in [-0.15, -0.1) is 0 Å². The van der Waals surface area contributed by atoms with E-state index in [0.717, 1.165) is 0 Å². The number of pyridine rings is 1. The molecule has 0 aliphatic heterocycles. The first-order valence-electron chi connectivity index (χ1n) is 5.80. The number of ether oxygens (including phenoxy) is 1. The highest BCUT2D eigenvalue weighted by molar-refractivity contribution is 5.89. The number of carbonyl (C=O) groups excluding carboxylic acids is 1. The first-order valence-corrected chi connectivity index (χ1v) is 5.80. The molecule has 0 radical (unpaired) electrons. The molecule has 0 aliphatic rings. The van der Waals surface area contributed by atoms with Gasteiger partial charge in [-0.05, 0) is 19.1 Å². The number of nitro groups is 1. The number of rotatable bonds is 4. The van der Waals surface area contributed by atoms with E-state index in [1.807, 2.05) is 0 Å². The molecule has 6 heteroatoms. The van der Waals surface area contributed by atoms with Crippen LogP contribution >= 0.6 is 0 Å². The maximum Gasteiger partial charge on any atom is 0.310 e. The van der Waals surface area contributed by atoms with Crippen molar-refractivity contribution in [2.75, 3.05) is 6.61 Å². The molecule has 2 rings (SSSR count). The van der Waals surface area contributed by atoms with Crippen molar-refractivity contribution in [3.05, 3.63) is 46.1 Å². The lowest BCUT2D eigenvalue weighted by molar-refractivity contribution is -0.385. The lowest BCUT2D eigenvalue weighted by atomic mass is 10.0. The van der Waals surface area contributed by atoms with E-state index in [4.69, 9.17) is 4.74 Å². The topological polar surface area (TPSA) is 82.3 Å². The summed E-state index contributed by atoms with van der Waals surface area (Å²) >= 11 is 0. The number of hydrogen-bond acceptors (Lipinski definition) is 5. The van der Waals surface area contributed by atoms with Crippen molar-refractivity contribution < 1.29 is 14.5 Å². The maximum absolute atomic E-state index is 11.6. The van der Waals surface area contributed by atoms with Crippen molar-refractivity contribution in [2.24, 2.45) is 0 Å². The number of nitrogens with zero attached hydrogens (tertiary/aromatic N) is 2. The standard InChI is InChI=1S/C13H12N2O4/c1-2-19-13(16)8-10-9-4-3-7-14-11(9)5-6-12(10)15(17)18/h3-7H,2,8H2,1H3. The first kappa shape index (κ1) is 12.9. The van der Waals surface area contributed by atoms with Gasteiger partial charge in [0.15, 0.2) is 0 Å². The number of esters is 1. The van der Waals surface area contributed by atoms with E-state index in [0.29, 0.717) is 16.5 Å². The summed E-state index contributed by atoms with van der Waals surface area (Å²) in [5.74, 6) is -0.484. The number of carbonyl (C=O) groups is 1. The van der Waals surface area contributed by atoms with Crippen LogP contribution in [0.2, 0.25) is 0 Å². The highest BCUT2D eigenvalue weighted by Gasteiger charge is 2.20. The molecule has 0 aliphatic carbocycles. The van der Waals surface area contributed by atoms with Crippen molar-refractivity contribution in [2.45, 2.75) is 13.3 Å². The Morgan fingerprint density at radius 1 is 1.42 bits per heavy atom. The fraction of sp³-hybridized carbons (Fsp3) is 0.231. The first-order chi connectivity index (χ1) is 9.13. The number of fused-ring (bicyclic) bond motifs is 1. The smallest absolute Gasteiger partial charge is 0.310 e. The zero-order chi connectivity index (χ0) is 13.8. The second-order valence-corrected chi connectivity index (χ2v) is 3.87. The Balaban J connectivity index is 2.56. The van der Waals surface area contributed by atoms with Gasteiger partial charge >= 0.3 is 5.97 Å². The summed E-state index contributed by atoms with van der Waals surface area (Å²) in [5.41, 5.74) is 0.870. The van der Waals surface area contributed by atoms with Gasteiger partial charge in [0, 0.05) is 17.6 Å². The summed E-state index contributed by atoms with van der Waals surface area (Å²) in [4.78, 5) is 26.2. The fourth-order valence-electron chi connectivity index (χ4n) is 1.92. The Kier molecular flexibility index (Phi) is 3.70. The Morgan fingerprint density at radius 2 is 2.21 bits per heavy atom. The van der Waals surface area contributed by atoms with E-state index in [-0.39, 0.29) is 18.7 Å². The third kappa shape index (κ3) is 2.67. The SMILES string of the molecule is CCOC(=O)Cc1c([N+](=O)[O-])ccc2ncccc12. The van der Waals surface area contributed by atoms with Gasteiger partial charge in [0.05, 0.1) is 29.0 Å².